The van der Waals surface area contributed by atoms with Crippen molar-refractivity contribution in [2.24, 2.45) is 0 Å². The molecule has 0 aromatic carbocycles. The van der Waals surface area contributed by atoms with Gasteiger partial charge >= 0.3 is 0 Å². The van der Waals surface area contributed by atoms with Crippen LogP contribution in [0.2, 0.25) is 0 Å². The molecule has 0 bridgehead atoms. The maximum Gasteiger partial charge on any atom is 0.220 e. The first-order valence-electron chi connectivity index (χ1n) is 19.9. The third kappa shape index (κ3) is 22.9. The topological polar surface area (TPSA) is 149 Å². The molecule has 0 aromatic heterocycles. The van der Waals surface area contributed by atoms with Gasteiger partial charge in [-0.1, -0.05) is 133 Å². The van der Waals surface area contributed by atoms with E-state index >= 15 is 0 Å². The van der Waals surface area contributed by atoms with E-state index in [1.54, 1.807) is 6.08 Å². The fourth-order valence-electron chi connectivity index (χ4n) is 5.87. The molecule has 1 aliphatic rings. The van der Waals surface area contributed by atoms with Gasteiger partial charge in [0.1, 0.15) is 24.4 Å². The highest BCUT2D eigenvalue weighted by molar-refractivity contribution is 5.76. The maximum absolute atomic E-state index is 12.8. The lowest BCUT2D eigenvalue weighted by Crippen LogP contribution is -2.60. The van der Waals surface area contributed by atoms with Crippen LogP contribution in [0.15, 0.2) is 48.6 Å². The van der Waals surface area contributed by atoms with E-state index in [0.717, 1.165) is 64.2 Å². The number of hydrogen-bond acceptors (Lipinski definition) is 8. The smallest absolute Gasteiger partial charge is 0.220 e. The van der Waals surface area contributed by atoms with Gasteiger partial charge in [-0.3, -0.25) is 4.79 Å². The second kappa shape index (κ2) is 31.9. The molecule has 9 nitrogen and oxygen atoms in total. The van der Waals surface area contributed by atoms with E-state index in [2.05, 4.69) is 55.6 Å². The summed E-state index contributed by atoms with van der Waals surface area (Å²) in [7, 11) is 0. The molecule has 6 N–H and O–H groups in total. The lowest BCUT2D eigenvalue weighted by atomic mass is 9.99. The van der Waals surface area contributed by atoms with E-state index in [1.165, 1.54) is 64.2 Å². The molecule has 0 aliphatic carbocycles. The first-order valence-corrected chi connectivity index (χ1v) is 19.9. The number of carbonyl (C=O) groups is 1. The number of rotatable bonds is 31. The Kier molecular flexibility index (Phi) is 29.4. The van der Waals surface area contributed by atoms with E-state index in [1.807, 2.05) is 6.08 Å². The van der Waals surface area contributed by atoms with Crippen molar-refractivity contribution < 1.29 is 39.8 Å². The Morgan fingerprint density at radius 1 is 0.680 bits per heavy atom. The highest BCUT2D eigenvalue weighted by Gasteiger charge is 2.44. The van der Waals surface area contributed by atoms with Crippen molar-refractivity contribution in [2.75, 3.05) is 13.2 Å². The summed E-state index contributed by atoms with van der Waals surface area (Å²) in [5.41, 5.74) is 0. The van der Waals surface area contributed by atoms with Gasteiger partial charge in [0.2, 0.25) is 5.91 Å². The molecular formula is C41H73NO8. The average Bonchev–Trinajstić information content (AvgIpc) is 3.11. The van der Waals surface area contributed by atoms with Gasteiger partial charge in [0.25, 0.3) is 0 Å². The zero-order valence-electron chi connectivity index (χ0n) is 31.4. The van der Waals surface area contributed by atoms with Gasteiger partial charge < -0.3 is 40.3 Å². The summed E-state index contributed by atoms with van der Waals surface area (Å²) in [6.45, 7) is 3.66. The molecule has 1 rings (SSSR count). The zero-order valence-corrected chi connectivity index (χ0v) is 31.4. The highest BCUT2D eigenvalue weighted by atomic mass is 16.7. The maximum atomic E-state index is 12.8. The van der Waals surface area contributed by atoms with Crippen LogP contribution in [-0.2, 0) is 14.3 Å². The molecule has 0 aromatic rings. The summed E-state index contributed by atoms with van der Waals surface area (Å²) in [6, 6.07) is -0.809. The number of aliphatic hydroxyl groups excluding tert-OH is 5. The quantitative estimate of drug-likeness (QED) is 0.0330. The summed E-state index contributed by atoms with van der Waals surface area (Å²) < 4.78 is 11.1. The van der Waals surface area contributed by atoms with E-state index in [4.69, 9.17) is 9.47 Å². The van der Waals surface area contributed by atoms with Crippen LogP contribution < -0.4 is 5.32 Å². The van der Waals surface area contributed by atoms with Crippen molar-refractivity contribution in [3.05, 3.63) is 48.6 Å². The molecular weight excluding hydrogens is 634 g/mol. The van der Waals surface area contributed by atoms with Gasteiger partial charge in [0.05, 0.1) is 25.4 Å². The Hall–Kier alpha value is -1.85. The van der Waals surface area contributed by atoms with Crippen LogP contribution in [0, 0.1) is 0 Å². The Morgan fingerprint density at radius 3 is 1.78 bits per heavy atom. The van der Waals surface area contributed by atoms with Crippen LogP contribution in [0.25, 0.3) is 0 Å². The second-order valence-electron chi connectivity index (χ2n) is 13.7. The predicted molar refractivity (Wildman–Crippen MR) is 203 cm³/mol. The fraction of sp³-hybridized carbons (Fsp3) is 0.780. The first kappa shape index (κ1) is 46.2. The third-order valence-electron chi connectivity index (χ3n) is 9.15. The van der Waals surface area contributed by atoms with E-state index in [9.17, 15) is 30.3 Å². The van der Waals surface area contributed by atoms with Crippen molar-refractivity contribution in [3.8, 4) is 0 Å². The van der Waals surface area contributed by atoms with Crippen LogP contribution in [0.1, 0.15) is 149 Å². The first-order chi connectivity index (χ1) is 24.3. The Labute approximate surface area is 303 Å². The Morgan fingerprint density at radius 2 is 1.18 bits per heavy atom. The number of allylic oxidation sites excluding steroid dienone is 7. The standard InChI is InChI=1S/C41H73NO8/c1-3-5-7-9-11-13-14-15-16-17-18-19-20-21-22-23-25-27-29-31-37(45)42-34(35(44)30-28-26-24-12-10-8-6-4-2)33-49-41-40(48)39(47)38(46)36(32-43)50-41/h11,13,15-16,18-19,28,30,34-36,38-41,43-44,46-48H,3-10,12,14,17,20-27,29,31-33H2,1-2H3,(H,42,45)/b13-11-,16-15-,19-18-,30-28+. The van der Waals surface area contributed by atoms with Gasteiger partial charge in [0.15, 0.2) is 6.29 Å². The summed E-state index contributed by atoms with van der Waals surface area (Å²) in [4.78, 5) is 12.8. The molecule has 290 valence electrons. The van der Waals surface area contributed by atoms with Crippen LogP contribution in [0.5, 0.6) is 0 Å². The molecule has 1 heterocycles. The molecule has 7 unspecified atom stereocenters. The van der Waals surface area contributed by atoms with Crippen molar-refractivity contribution in [2.45, 2.75) is 192 Å². The summed E-state index contributed by atoms with van der Waals surface area (Å²) in [5, 5.41) is 53.8. The van der Waals surface area contributed by atoms with Crippen molar-refractivity contribution in [1.82, 2.24) is 5.32 Å². The molecule has 1 saturated heterocycles. The number of aliphatic hydroxyl groups is 5. The number of hydrogen-bond donors (Lipinski definition) is 6. The molecule has 1 fully saturated rings. The second-order valence-corrected chi connectivity index (χ2v) is 13.7. The predicted octanol–water partition coefficient (Wildman–Crippen LogP) is 7.11. The minimum atomic E-state index is -1.57. The molecule has 0 radical (unpaired) electrons. The van der Waals surface area contributed by atoms with Crippen molar-refractivity contribution in [3.63, 3.8) is 0 Å². The minimum absolute atomic E-state index is 0.196. The Bertz CT molecular complexity index is 920. The number of unbranched alkanes of at least 4 members (excludes halogenated alkanes) is 15. The number of carbonyl (C=O) groups excluding carboxylic acids is 1. The van der Waals surface area contributed by atoms with Crippen molar-refractivity contribution in [1.29, 1.82) is 0 Å². The number of ether oxygens (including phenoxy) is 2. The molecule has 50 heavy (non-hydrogen) atoms. The number of amides is 1. The van der Waals surface area contributed by atoms with E-state index in [0.29, 0.717) is 6.42 Å². The normalized spacial score (nSPS) is 22.7. The van der Waals surface area contributed by atoms with Crippen LogP contribution in [0.3, 0.4) is 0 Å². The van der Waals surface area contributed by atoms with E-state index in [-0.39, 0.29) is 12.5 Å². The highest BCUT2D eigenvalue weighted by Crippen LogP contribution is 2.22. The summed E-state index contributed by atoms with van der Waals surface area (Å²) in [5.74, 6) is -0.196. The molecule has 1 amide bonds. The van der Waals surface area contributed by atoms with Gasteiger partial charge in [0, 0.05) is 6.42 Å². The van der Waals surface area contributed by atoms with Gasteiger partial charge in [-0.15, -0.1) is 0 Å². The molecule has 0 saturated carbocycles. The summed E-state index contributed by atoms with van der Waals surface area (Å²) in [6.07, 6.45) is 31.6. The van der Waals surface area contributed by atoms with Crippen molar-refractivity contribution >= 4 is 5.91 Å². The van der Waals surface area contributed by atoms with E-state index < -0.39 is 49.5 Å². The van der Waals surface area contributed by atoms with Crippen LogP contribution >= 0.6 is 0 Å². The molecule has 1 aliphatic heterocycles. The largest absolute Gasteiger partial charge is 0.394 e. The molecule has 7 atom stereocenters. The Balaban J connectivity index is 2.37. The van der Waals surface area contributed by atoms with Gasteiger partial charge in [-0.25, -0.2) is 0 Å². The van der Waals surface area contributed by atoms with Crippen LogP contribution in [0.4, 0.5) is 0 Å². The van der Waals surface area contributed by atoms with Gasteiger partial charge in [-0.05, 0) is 57.8 Å². The fourth-order valence-corrected chi connectivity index (χ4v) is 5.87. The monoisotopic (exact) mass is 708 g/mol. The molecule has 9 heteroatoms. The minimum Gasteiger partial charge on any atom is -0.394 e. The average molecular weight is 708 g/mol. The molecule has 0 spiro atoms. The number of nitrogens with one attached hydrogen (secondary N) is 1. The summed E-state index contributed by atoms with van der Waals surface area (Å²) >= 11 is 0. The lowest BCUT2D eigenvalue weighted by molar-refractivity contribution is -0.302. The zero-order chi connectivity index (χ0) is 36.7. The van der Waals surface area contributed by atoms with Gasteiger partial charge in [-0.2, -0.15) is 0 Å². The SMILES string of the molecule is CCCCC/C=C\C/C=C\C/C=C\CCCCCCCCC(=O)NC(COC1OC(CO)C(O)C(O)C1O)C(O)/C=C/CCCCCCCC. The lowest BCUT2D eigenvalue weighted by Gasteiger charge is -2.40. The third-order valence-corrected chi connectivity index (χ3v) is 9.15. The van der Waals surface area contributed by atoms with Crippen LogP contribution in [-0.4, -0.2) is 87.5 Å².